The number of hydrogen-bond acceptors (Lipinski definition) is 5. The van der Waals surface area contributed by atoms with Crippen LogP contribution in [-0.4, -0.2) is 30.4 Å². The zero-order chi connectivity index (χ0) is 18.4. The van der Waals surface area contributed by atoms with E-state index in [9.17, 15) is 19.7 Å². The van der Waals surface area contributed by atoms with Gasteiger partial charge in [0.15, 0.2) is 12.4 Å². The lowest BCUT2D eigenvalue weighted by atomic mass is 10.2. The molecule has 0 saturated carbocycles. The van der Waals surface area contributed by atoms with Crippen molar-refractivity contribution >= 4 is 23.2 Å². The fourth-order valence-electron chi connectivity index (χ4n) is 2.08. The van der Waals surface area contributed by atoms with Crippen molar-refractivity contribution in [3.05, 3.63) is 63.7 Å². The highest BCUT2D eigenvalue weighted by Crippen LogP contribution is 2.27. The number of amides is 2. The molecular formula is C17H17N3O5. The first kappa shape index (κ1) is 17.9. The summed E-state index contributed by atoms with van der Waals surface area (Å²) in [5.74, 6) is -0.670. The molecular weight excluding hydrogens is 326 g/mol. The Labute approximate surface area is 144 Å². The van der Waals surface area contributed by atoms with Crippen LogP contribution >= 0.6 is 0 Å². The number of nitro benzene ring substituents is 1. The van der Waals surface area contributed by atoms with Gasteiger partial charge in [0.25, 0.3) is 11.8 Å². The molecule has 0 atom stereocenters. The molecule has 0 saturated heterocycles. The normalized spacial score (nSPS) is 10.0. The fourth-order valence-corrected chi connectivity index (χ4v) is 2.08. The van der Waals surface area contributed by atoms with Gasteiger partial charge in [-0.1, -0.05) is 6.07 Å². The molecule has 0 spiro atoms. The Hall–Kier alpha value is -3.42. The van der Waals surface area contributed by atoms with Gasteiger partial charge in [-0.15, -0.1) is 0 Å². The Morgan fingerprint density at radius 2 is 1.84 bits per heavy atom. The van der Waals surface area contributed by atoms with Crippen LogP contribution in [-0.2, 0) is 4.79 Å². The number of nitrogens with zero attached hydrogens (tertiary/aromatic N) is 1. The van der Waals surface area contributed by atoms with Gasteiger partial charge in [0.05, 0.1) is 4.92 Å². The lowest BCUT2D eigenvalue weighted by Gasteiger charge is -2.09. The number of hydrogen-bond donors (Lipinski definition) is 2. The SMILES string of the molecule is CNC(=O)c1ccc(NC(=O)COc2ccc(C)cc2[N+](=O)[O-])cc1. The molecule has 8 nitrogen and oxygen atoms in total. The second kappa shape index (κ2) is 7.91. The highest BCUT2D eigenvalue weighted by atomic mass is 16.6. The topological polar surface area (TPSA) is 111 Å². The number of nitro groups is 1. The molecule has 2 rings (SSSR count). The number of carbonyl (C=O) groups excluding carboxylic acids is 2. The largest absolute Gasteiger partial charge is 0.477 e. The monoisotopic (exact) mass is 343 g/mol. The van der Waals surface area contributed by atoms with Crippen LogP contribution in [0.25, 0.3) is 0 Å². The Kier molecular flexibility index (Phi) is 5.67. The van der Waals surface area contributed by atoms with E-state index in [0.717, 1.165) is 5.56 Å². The minimum absolute atomic E-state index is 0.0284. The second-order valence-corrected chi connectivity index (χ2v) is 5.22. The van der Waals surface area contributed by atoms with Gasteiger partial charge < -0.3 is 15.4 Å². The first-order valence-corrected chi connectivity index (χ1v) is 7.40. The summed E-state index contributed by atoms with van der Waals surface area (Å²) in [6.07, 6.45) is 0. The first-order chi connectivity index (χ1) is 11.9. The van der Waals surface area contributed by atoms with Crippen molar-refractivity contribution in [3.8, 4) is 5.75 Å². The van der Waals surface area contributed by atoms with Crippen molar-refractivity contribution in [2.75, 3.05) is 19.0 Å². The molecule has 0 aliphatic heterocycles. The molecule has 0 aliphatic rings. The van der Waals surface area contributed by atoms with Crippen molar-refractivity contribution in [1.29, 1.82) is 0 Å². The van der Waals surface area contributed by atoms with E-state index >= 15 is 0 Å². The third kappa shape index (κ3) is 4.77. The Morgan fingerprint density at radius 1 is 1.16 bits per heavy atom. The molecule has 0 aromatic heterocycles. The summed E-state index contributed by atoms with van der Waals surface area (Å²) in [6.45, 7) is 1.35. The molecule has 0 radical (unpaired) electrons. The fraction of sp³-hybridized carbons (Fsp3) is 0.176. The smallest absolute Gasteiger partial charge is 0.311 e. The number of ether oxygens (including phenoxy) is 1. The molecule has 25 heavy (non-hydrogen) atoms. The number of aryl methyl sites for hydroxylation is 1. The van der Waals surface area contributed by atoms with Gasteiger partial charge in [0.2, 0.25) is 0 Å². The summed E-state index contributed by atoms with van der Waals surface area (Å²) in [6, 6.07) is 10.8. The van der Waals surface area contributed by atoms with Crippen molar-refractivity contribution in [3.63, 3.8) is 0 Å². The summed E-state index contributed by atoms with van der Waals surface area (Å²) in [7, 11) is 1.53. The summed E-state index contributed by atoms with van der Waals surface area (Å²) < 4.78 is 5.25. The molecule has 0 fully saturated rings. The number of nitrogens with one attached hydrogen (secondary N) is 2. The van der Waals surface area contributed by atoms with Crippen LogP contribution in [0.1, 0.15) is 15.9 Å². The summed E-state index contributed by atoms with van der Waals surface area (Å²) in [5, 5.41) is 16.1. The maximum atomic E-state index is 11.9. The Balaban J connectivity index is 1.97. The number of rotatable bonds is 6. The molecule has 0 bridgehead atoms. The van der Waals surface area contributed by atoms with E-state index < -0.39 is 10.8 Å². The zero-order valence-electron chi connectivity index (χ0n) is 13.7. The average molecular weight is 343 g/mol. The summed E-state index contributed by atoms with van der Waals surface area (Å²) in [5.41, 5.74) is 1.48. The van der Waals surface area contributed by atoms with E-state index in [4.69, 9.17) is 4.74 Å². The molecule has 0 aliphatic carbocycles. The van der Waals surface area contributed by atoms with Crippen LogP contribution < -0.4 is 15.4 Å². The van der Waals surface area contributed by atoms with Crippen LogP contribution in [0, 0.1) is 17.0 Å². The number of benzene rings is 2. The lowest BCUT2D eigenvalue weighted by molar-refractivity contribution is -0.385. The highest BCUT2D eigenvalue weighted by molar-refractivity contribution is 5.95. The van der Waals surface area contributed by atoms with Crippen LogP contribution in [0.15, 0.2) is 42.5 Å². The van der Waals surface area contributed by atoms with E-state index in [1.807, 2.05) is 0 Å². The minimum atomic E-state index is -0.558. The van der Waals surface area contributed by atoms with Gasteiger partial charge in [-0.05, 0) is 42.8 Å². The Bertz CT molecular complexity index is 802. The second-order valence-electron chi connectivity index (χ2n) is 5.22. The van der Waals surface area contributed by atoms with Gasteiger partial charge in [0.1, 0.15) is 0 Å². The van der Waals surface area contributed by atoms with E-state index in [2.05, 4.69) is 10.6 Å². The molecule has 2 N–H and O–H groups in total. The standard InChI is InChI=1S/C17H17N3O5/c1-11-3-8-15(14(9-11)20(23)24)25-10-16(21)19-13-6-4-12(5-7-13)17(22)18-2/h3-9H,10H2,1-2H3,(H,18,22)(H,19,21). The third-order valence-electron chi connectivity index (χ3n) is 3.33. The summed E-state index contributed by atoms with van der Waals surface area (Å²) in [4.78, 5) is 33.8. The number of anilines is 1. The van der Waals surface area contributed by atoms with Crippen LogP contribution in [0.3, 0.4) is 0 Å². The van der Waals surface area contributed by atoms with Crippen LogP contribution in [0.2, 0.25) is 0 Å². The van der Waals surface area contributed by atoms with E-state index in [1.165, 1.54) is 19.2 Å². The Morgan fingerprint density at radius 3 is 2.44 bits per heavy atom. The first-order valence-electron chi connectivity index (χ1n) is 7.40. The quantitative estimate of drug-likeness (QED) is 0.617. The summed E-state index contributed by atoms with van der Waals surface area (Å²) >= 11 is 0. The maximum absolute atomic E-state index is 11.9. The van der Waals surface area contributed by atoms with E-state index in [1.54, 1.807) is 37.3 Å². The van der Waals surface area contributed by atoms with Crippen molar-refractivity contribution < 1.29 is 19.2 Å². The predicted molar refractivity (Wildman–Crippen MR) is 91.8 cm³/mol. The average Bonchev–Trinajstić information content (AvgIpc) is 2.60. The van der Waals surface area contributed by atoms with Crippen molar-refractivity contribution in [2.45, 2.75) is 6.92 Å². The van der Waals surface area contributed by atoms with Gasteiger partial charge >= 0.3 is 5.69 Å². The predicted octanol–water partition coefficient (Wildman–Crippen LogP) is 2.28. The minimum Gasteiger partial charge on any atom is -0.477 e. The molecule has 2 amide bonds. The molecule has 0 heterocycles. The third-order valence-corrected chi connectivity index (χ3v) is 3.33. The molecule has 0 unspecified atom stereocenters. The van der Waals surface area contributed by atoms with Crippen LogP contribution in [0.4, 0.5) is 11.4 Å². The maximum Gasteiger partial charge on any atom is 0.311 e. The lowest BCUT2D eigenvalue weighted by Crippen LogP contribution is -2.21. The zero-order valence-corrected chi connectivity index (χ0v) is 13.7. The van der Waals surface area contributed by atoms with Crippen molar-refractivity contribution in [2.24, 2.45) is 0 Å². The van der Waals surface area contributed by atoms with Crippen LogP contribution in [0.5, 0.6) is 5.75 Å². The van der Waals surface area contributed by atoms with Gasteiger partial charge in [-0.3, -0.25) is 19.7 Å². The van der Waals surface area contributed by atoms with Gasteiger partial charge in [-0.25, -0.2) is 0 Å². The molecule has 2 aromatic carbocycles. The number of carbonyl (C=O) groups is 2. The molecule has 2 aromatic rings. The van der Waals surface area contributed by atoms with Gasteiger partial charge in [-0.2, -0.15) is 0 Å². The van der Waals surface area contributed by atoms with Gasteiger partial charge in [0, 0.05) is 24.4 Å². The molecule has 130 valence electrons. The van der Waals surface area contributed by atoms with Crippen molar-refractivity contribution in [1.82, 2.24) is 5.32 Å². The van der Waals surface area contributed by atoms with E-state index in [0.29, 0.717) is 11.3 Å². The highest BCUT2D eigenvalue weighted by Gasteiger charge is 2.16. The van der Waals surface area contributed by atoms with E-state index in [-0.39, 0.29) is 24.0 Å². The molecule has 8 heteroatoms.